The number of carbonyl (C=O) groups excluding carboxylic acids is 1. The Morgan fingerprint density at radius 3 is 3.00 bits per heavy atom. The summed E-state index contributed by atoms with van der Waals surface area (Å²) in [5.41, 5.74) is 2.20. The molecule has 5 nitrogen and oxygen atoms in total. The lowest BCUT2D eigenvalue weighted by molar-refractivity contribution is 0.199. The highest BCUT2D eigenvalue weighted by Crippen LogP contribution is 2.30. The van der Waals surface area contributed by atoms with Crippen molar-refractivity contribution in [1.82, 2.24) is 9.88 Å². The van der Waals surface area contributed by atoms with E-state index in [9.17, 15) is 4.79 Å². The van der Waals surface area contributed by atoms with Crippen LogP contribution in [0.25, 0.3) is 10.2 Å². The standard InChI is InChI=1S/C16H21N3O2S/c1-2-11-4-7-13-14(10-11)22-15(17-13)18-16(21)19(8-3-9-20)12-5-6-12/h4,7,10,12,20H,2-3,5-6,8-9H2,1H3,(H,17,18,21). The zero-order valence-corrected chi connectivity index (χ0v) is 13.5. The molecule has 3 rings (SSSR count). The number of hydrogen-bond donors (Lipinski definition) is 2. The van der Waals surface area contributed by atoms with Gasteiger partial charge in [-0.05, 0) is 43.4 Å². The van der Waals surface area contributed by atoms with Crippen molar-refractivity contribution in [2.75, 3.05) is 18.5 Å². The van der Waals surface area contributed by atoms with E-state index in [2.05, 4.69) is 29.4 Å². The molecule has 0 saturated heterocycles. The first-order chi connectivity index (χ1) is 10.7. The van der Waals surface area contributed by atoms with Crippen LogP contribution in [0.5, 0.6) is 0 Å². The van der Waals surface area contributed by atoms with Crippen molar-refractivity contribution >= 4 is 32.7 Å². The molecule has 0 spiro atoms. The van der Waals surface area contributed by atoms with E-state index < -0.39 is 0 Å². The molecule has 1 saturated carbocycles. The number of anilines is 1. The van der Waals surface area contributed by atoms with Gasteiger partial charge in [0, 0.05) is 19.2 Å². The first-order valence-corrected chi connectivity index (χ1v) is 8.61. The van der Waals surface area contributed by atoms with Gasteiger partial charge in [-0.3, -0.25) is 5.32 Å². The summed E-state index contributed by atoms with van der Waals surface area (Å²) in [4.78, 5) is 18.7. The fourth-order valence-electron chi connectivity index (χ4n) is 2.48. The Bertz CT molecular complexity index is 666. The molecule has 1 aromatic carbocycles. The molecule has 2 aromatic rings. The largest absolute Gasteiger partial charge is 0.396 e. The second-order valence-electron chi connectivity index (χ2n) is 5.61. The molecule has 1 heterocycles. The van der Waals surface area contributed by atoms with Gasteiger partial charge in [0.15, 0.2) is 5.13 Å². The minimum Gasteiger partial charge on any atom is -0.396 e. The molecule has 1 aliphatic carbocycles. The van der Waals surface area contributed by atoms with E-state index in [1.54, 1.807) is 0 Å². The number of urea groups is 1. The highest BCUT2D eigenvalue weighted by Gasteiger charge is 2.32. The van der Waals surface area contributed by atoms with E-state index in [4.69, 9.17) is 5.11 Å². The molecule has 1 aliphatic rings. The lowest BCUT2D eigenvalue weighted by Gasteiger charge is -2.21. The maximum absolute atomic E-state index is 12.4. The molecule has 118 valence electrons. The van der Waals surface area contributed by atoms with E-state index in [0.717, 1.165) is 29.5 Å². The Morgan fingerprint density at radius 2 is 2.32 bits per heavy atom. The predicted octanol–water partition coefficient (Wildman–Crippen LogP) is 3.24. The number of nitrogens with one attached hydrogen (secondary N) is 1. The monoisotopic (exact) mass is 319 g/mol. The van der Waals surface area contributed by atoms with Crippen LogP contribution in [0.2, 0.25) is 0 Å². The van der Waals surface area contributed by atoms with Crippen molar-refractivity contribution in [2.45, 2.75) is 38.6 Å². The molecule has 2 N–H and O–H groups in total. The number of aryl methyl sites for hydroxylation is 1. The number of benzene rings is 1. The van der Waals surface area contributed by atoms with E-state index in [-0.39, 0.29) is 12.6 Å². The molecule has 6 heteroatoms. The highest BCUT2D eigenvalue weighted by atomic mass is 32.1. The summed E-state index contributed by atoms with van der Waals surface area (Å²) in [6.07, 6.45) is 3.72. The second-order valence-corrected chi connectivity index (χ2v) is 6.64. The summed E-state index contributed by atoms with van der Waals surface area (Å²) in [5, 5.41) is 12.5. The van der Waals surface area contributed by atoms with Crippen LogP contribution >= 0.6 is 11.3 Å². The summed E-state index contributed by atoms with van der Waals surface area (Å²) in [6, 6.07) is 6.43. The van der Waals surface area contributed by atoms with Gasteiger partial charge in [0.2, 0.25) is 0 Å². The number of thiazole rings is 1. The Labute approximate surface area is 134 Å². The summed E-state index contributed by atoms with van der Waals surface area (Å²) >= 11 is 1.51. The minimum atomic E-state index is -0.106. The predicted molar refractivity (Wildman–Crippen MR) is 89.4 cm³/mol. The number of rotatable bonds is 6. The van der Waals surface area contributed by atoms with Crippen LogP contribution in [0.4, 0.5) is 9.93 Å². The summed E-state index contributed by atoms with van der Waals surface area (Å²) in [6.45, 7) is 2.83. The number of aliphatic hydroxyl groups is 1. The van der Waals surface area contributed by atoms with E-state index in [0.29, 0.717) is 24.1 Å². The van der Waals surface area contributed by atoms with Crippen molar-refractivity contribution in [3.8, 4) is 0 Å². The Balaban J connectivity index is 1.72. The molecule has 1 aromatic heterocycles. The lowest BCUT2D eigenvalue weighted by atomic mass is 10.2. The molecule has 22 heavy (non-hydrogen) atoms. The Morgan fingerprint density at radius 1 is 1.50 bits per heavy atom. The summed E-state index contributed by atoms with van der Waals surface area (Å²) < 4.78 is 1.10. The number of amides is 2. The topological polar surface area (TPSA) is 65.5 Å². The zero-order valence-electron chi connectivity index (χ0n) is 12.7. The van der Waals surface area contributed by atoms with Crippen LogP contribution in [0.3, 0.4) is 0 Å². The zero-order chi connectivity index (χ0) is 15.5. The molecule has 0 aliphatic heterocycles. The van der Waals surface area contributed by atoms with Gasteiger partial charge in [-0.2, -0.15) is 0 Å². The van der Waals surface area contributed by atoms with Gasteiger partial charge in [-0.15, -0.1) is 0 Å². The number of hydrogen-bond acceptors (Lipinski definition) is 4. The van der Waals surface area contributed by atoms with Gasteiger partial charge < -0.3 is 10.0 Å². The van der Waals surface area contributed by atoms with Crippen LogP contribution in [-0.4, -0.2) is 40.2 Å². The molecular formula is C16H21N3O2S. The number of nitrogens with zero attached hydrogens (tertiary/aromatic N) is 2. The quantitative estimate of drug-likeness (QED) is 0.859. The fraction of sp³-hybridized carbons (Fsp3) is 0.500. The number of carbonyl (C=O) groups is 1. The Kier molecular flexibility index (Phi) is 4.59. The van der Waals surface area contributed by atoms with Crippen LogP contribution in [0.15, 0.2) is 18.2 Å². The molecule has 0 atom stereocenters. The minimum absolute atomic E-state index is 0.106. The van der Waals surface area contributed by atoms with Gasteiger partial charge in [0.1, 0.15) is 0 Å². The Hall–Kier alpha value is -1.66. The molecule has 1 fully saturated rings. The van der Waals surface area contributed by atoms with Gasteiger partial charge >= 0.3 is 6.03 Å². The van der Waals surface area contributed by atoms with E-state index in [1.807, 2.05) is 11.0 Å². The molecule has 2 amide bonds. The van der Waals surface area contributed by atoms with Crippen LogP contribution in [-0.2, 0) is 6.42 Å². The van der Waals surface area contributed by atoms with Crippen molar-refractivity contribution < 1.29 is 9.90 Å². The van der Waals surface area contributed by atoms with Gasteiger partial charge in [0.05, 0.1) is 10.2 Å². The summed E-state index contributed by atoms with van der Waals surface area (Å²) in [5.74, 6) is 0. The van der Waals surface area contributed by atoms with Gasteiger partial charge in [0.25, 0.3) is 0 Å². The maximum atomic E-state index is 12.4. The van der Waals surface area contributed by atoms with Crippen molar-refractivity contribution in [2.24, 2.45) is 0 Å². The SMILES string of the molecule is CCc1ccc2nc(NC(=O)N(CCCO)C3CC3)sc2c1. The average Bonchev–Trinajstić information content (AvgIpc) is 3.26. The van der Waals surface area contributed by atoms with Crippen LogP contribution in [0, 0.1) is 0 Å². The van der Waals surface area contributed by atoms with E-state index >= 15 is 0 Å². The fourth-order valence-corrected chi connectivity index (χ4v) is 3.40. The molecule has 0 radical (unpaired) electrons. The second kappa shape index (κ2) is 6.62. The third-order valence-corrected chi connectivity index (χ3v) is 4.81. The number of fused-ring (bicyclic) bond motifs is 1. The third kappa shape index (κ3) is 3.39. The first-order valence-electron chi connectivity index (χ1n) is 7.79. The highest BCUT2D eigenvalue weighted by molar-refractivity contribution is 7.22. The van der Waals surface area contributed by atoms with Gasteiger partial charge in [-0.25, -0.2) is 9.78 Å². The van der Waals surface area contributed by atoms with Gasteiger partial charge in [-0.1, -0.05) is 24.3 Å². The lowest BCUT2D eigenvalue weighted by Crippen LogP contribution is -2.37. The maximum Gasteiger partial charge on any atom is 0.323 e. The molecule has 0 unspecified atom stereocenters. The first kappa shape index (κ1) is 15.2. The van der Waals surface area contributed by atoms with Crippen LogP contribution < -0.4 is 5.32 Å². The van der Waals surface area contributed by atoms with Crippen LogP contribution in [0.1, 0.15) is 31.7 Å². The van der Waals surface area contributed by atoms with E-state index in [1.165, 1.54) is 16.9 Å². The van der Waals surface area contributed by atoms with Crippen molar-refractivity contribution in [3.63, 3.8) is 0 Å². The van der Waals surface area contributed by atoms with Crippen molar-refractivity contribution in [1.29, 1.82) is 0 Å². The molecular weight excluding hydrogens is 298 g/mol. The third-order valence-electron chi connectivity index (χ3n) is 3.88. The summed E-state index contributed by atoms with van der Waals surface area (Å²) in [7, 11) is 0. The smallest absolute Gasteiger partial charge is 0.323 e. The van der Waals surface area contributed by atoms with Crippen molar-refractivity contribution in [3.05, 3.63) is 23.8 Å². The normalized spacial score (nSPS) is 14.3. The molecule has 0 bridgehead atoms. The average molecular weight is 319 g/mol. The number of aromatic nitrogens is 1. The number of aliphatic hydroxyl groups excluding tert-OH is 1.